The number of rotatable bonds is 6. The molecule has 0 heterocycles. The standard InChI is InChI=1S/C18H34Si/c1-8-10-11-12-14-17(9-2)15-13-16-19(6,7)18(3,4)5/h15H,8-12,14H2,1-7H3/b17-15-. The van der Waals surface area contributed by atoms with Crippen LogP contribution in [0.2, 0.25) is 18.1 Å². The summed E-state index contributed by atoms with van der Waals surface area (Å²) < 4.78 is 0. The summed E-state index contributed by atoms with van der Waals surface area (Å²) in [5.41, 5.74) is 5.11. The highest BCUT2D eigenvalue weighted by molar-refractivity contribution is 6.87. The molecule has 0 amide bonds. The molecule has 0 bridgehead atoms. The summed E-state index contributed by atoms with van der Waals surface area (Å²) in [5.74, 6) is 3.37. The minimum atomic E-state index is -1.43. The third kappa shape index (κ3) is 7.63. The molecule has 0 fully saturated rings. The minimum Gasteiger partial charge on any atom is -0.127 e. The summed E-state index contributed by atoms with van der Waals surface area (Å²) in [6.07, 6.45) is 9.97. The van der Waals surface area contributed by atoms with Crippen LogP contribution in [-0.2, 0) is 0 Å². The van der Waals surface area contributed by atoms with Gasteiger partial charge >= 0.3 is 0 Å². The second kappa shape index (κ2) is 8.64. The molecule has 0 atom stereocenters. The van der Waals surface area contributed by atoms with Gasteiger partial charge in [-0.25, -0.2) is 0 Å². The fourth-order valence-electron chi connectivity index (χ4n) is 1.64. The average Bonchev–Trinajstić information content (AvgIpc) is 2.30. The van der Waals surface area contributed by atoms with E-state index in [0.29, 0.717) is 5.04 Å². The van der Waals surface area contributed by atoms with Crippen molar-refractivity contribution in [1.29, 1.82) is 0 Å². The van der Waals surface area contributed by atoms with E-state index < -0.39 is 8.07 Å². The van der Waals surface area contributed by atoms with Crippen LogP contribution < -0.4 is 0 Å². The quantitative estimate of drug-likeness (QED) is 0.302. The molecule has 0 saturated heterocycles. The molecule has 0 aromatic heterocycles. The second-order valence-corrected chi connectivity index (χ2v) is 12.1. The molecule has 0 rings (SSSR count). The van der Waals surface area contributed by atoms with Gasteiger partial charge in [-0.3, -0.25) is 0 Å². The molecular formula is C18H34Si. The Morgan fingerprint density at radius 3 is 2.16 bits per heavy atom. The number of hydrogen-bond donors (Lipinski definition) is 0. The first-order chi connectivity index (χ1) is 8.74. The third-order valence-electron chi connectivity index (χ3n) is 4.34. The van der Waals surface area contributed by atoms with Gasteiger partial charge in [0.25, 0.3) is 0 Å². The second-order valence-electron chi connectivity index (χ2n) is 7.11. The van der Waals surface area contributed by atoms with Crippen LogP contribution >= 0.6 is 0 Å². The lowest BCUT2D eigenvalue weighted by Gasteiger charge is -2.31. The Labute approximate surface area is 123 Å². The van der Waals surface area contributed by atoms with E-state index in [1.807, 2.05) is 0 Å². The van der Waals surface area contributed by atoms with E-state index >= 15 is 0 Å². The fourth-order valence-corrected chi connectivity index (χ4v) is 2.44. The molecule has 0 nitrogen and oxygen atoms in total. The zero-order valence-corrected chi connectivity index (χ0v) is 15.3. The molecule has 0 aromatic rings. The maximum Gasteiger partial charge on any atom is 0.138 e. The molecule has 0 aliphatic rings. The van der Waals surface area contributed by atoms with Crippen molar-refractivity contribution >= 4 is 8.07 Å². The molecule has 0 aromatic carbocycles. The van der Waals surface area contributed by atoms with Crippen molar-refractivity contribution in [3.05, 3.63) is 11.6 Å². The van der Waals surface area contributed by atoms with E-state index in [0.717, 1.165) is 6.42 Å². The van der Waals surface area contributed by atoms with Gasteiger partial charge in [0.1, 0.15) is 8.07 Å². The molecule has 0 unspecified atom stereocenters. The highest BCUT2D eigenvalue weighted by atomic mass is 28.3. The van der Waals surface area contributed by atoms with Crippen molar-refractivity contribution in [3.63, 3.8) is 0 Å². The zero-order chi connectivity index (χ0) is 14.9. The Balaban J connectivity index is 4.50. The smallest absolute Gasteiger partial charge is 0.127 e. The van der Waals surface area contributed by atoms with Gasteiger partial charge in [-0.1, -0.05) is 78.5 Å². The summed E-state index contributed by atoms with van der Waals surface area (Å²) >= 11 is 0. The summed E-state index contributed by atoms with van der Waals surface area (Å²) in [7, 11) is -1.43. The van der Waals surface area contributed by atoms with Crippen LogP contribution in [0.5, 0.6) is 0 Å². The van der Waals surface area contributed by atoms with Gasteiger partial charge in [0.05, 0.1) is 0 Å². The molecule has 1 heteroatoms. The molecule has 0 spiro atoms. The molecule has 110 valence electrons. The minimum absolute atomic E-state index is 0.362. The molecule has 0 N–H and O–H groups in total. The van der Waals surface area contributed by atoms with Gasteiger partial charge in [-0.15, -0.1) is 5.54 Å². The Kier molecular flexibility index (Phi) is 8.42. The number of hydrogen-bond acceptors (Lipinski definition) is 0. The van der Waals surface area contributed by atoms with Crippen LogP contribution in [0.15, 0.2) is 11.6 Å². The fraction of sp³-hybridized carbons (Fsp3) is 0.778. The molecule has 0 aliphatic heterocycles. The zero-order valence-electron chi connectivity index (χ0n) is 14.3. The predicted molar refractivity (Wildman–Crippen MR) is 92.1 cm³/mol. The predicted octanol–water partition coefficient (Wildman–Crippen LogP) is 6.34. The Morgan fingerprint density at radius 1 is 1.05 bits per heavy atom. The van der Waals surface area contributed by atoms with Gasteiger partial charge in [0, 0.05) is 0 Å². The third-order valence-corrected chi connectivity index (χ3v) is 8.86. The molecule has 0 radical (unpaired) electrons. The lowest BCUT2D eigenvalue weighted by molar-refractivity contribution is 0.658. The van der Waals surface area contributed by atoms with Gasteiger partial charge in [0.15, 0.2) is 0 Å². The molecular weight excluding hydrogens is 244 g/mol. The lowest BCUT2D eigenvalue weighted by atomic mass is 10.0. The van der Waals surface area contributed by atoms with E-state index in [-0.39, 0.29) is 0 Å². The van der Waals surface area contributed by atoms with E-state index in [2.05, 4.69) is 65.3 Å². The van der Waals surface area contributed by atoms with Crippen LogP contribution in [0.4, 0.5) is 0 Å². The van der Waals surface area contributed by atoms with Crippen molar-refractivity contribution in [2.75, 3.05) is 0 Å². The van der Waals surface area contributed by atoms with Crippen molar-refractivity contribution in [3.8, 4) is 11.5 Å². The van der Waals surface area contributed by atoms with Crippen molar-refractivity contribution in [2.45, 2.75) is 91.3 Å². The molecule has 0 aliphatic carbocycles. The van der Waals surface area contributed by atoms with E-state index in [1.165, 1.54) is 37.7 Å². The summed E-state index contributed by atoms with van der Waals surface area (Å²) in [6, 6.07) is 0. The first kappa shape index (κ1) is 18.5. The first-order valence-corrected chi connectivity index (χ1v) is 10.9. The van der Waals surface area contributed by atoms with Gasteiger partial charge in [0.2, 0.25) is 0 Å². The van der Waals surface area contributed by atoms with Gasteiger partial charge < -0.3 is 0 Å². The molecule has 19 heavy (non-hydrogen) atoms. The summed E-state index contributed by atoms with van der Waals surface area (Å²) in [5, 5.41) is 0.362. The Hall–Kier alpha value is -0.483. The number of allylic oxidation sites excluding steroid dienone is 2. The van der Waals surface area contributed by atoms with Crippen LogP contribution in [0.25, 0.3) is 0 Å². The highest BCUT2D eigenvalue weighted by Gasteiger charge is 2.33. The van der Waals surface area contributed by atoms with Crippen LogP contribution in [0.3, 0.4) is 0 Å². The number of unbranched alkanes of at least 4 members (excludes halogenated alkanes) is 3. The van der Waals surface area contributed by atoms with Crippen LogP contribution in [-0.4, -0.2) is 8.07 Å². The highest BCUT2D eigenvalue weighted by Crippen LogP contribution is 2.35. The van der Waals surface area contributed by atoms with Gasteiger partial charge in [-0.2, -0.15) is 0 Å². The molecule has 0 saturated carbocycles. The summed E-state index contributed by atoms with van der Waals surface area (Å²) in [6.45, 7) is 16.2. The van der Waals surface area contributed by atoms with Gasteiger partial charge in [-0.05, 0) is 30.4 Å². The topological polar surface area (TPSA) is 0 Å². The van der Waals surface area contributed by atoms with E-state index in [4.69, 9.17) is 0 Å². The largest absolute Gasteiger partial charge is 0.138 e. The normalized spacial score (nSPS) is 13.1. The lowest BCUT2D eigenvalue weighted by Crippen LogP contribution is -2.35. The van der Waals surface area contributed by atoms with Crippen molar-refractivity contribution in [2.24, 2.45) is 0 Å². The SMILES string of the molecule is CCCCCC/C(=C\C#C[Si](C)(C)C(C)(C)C)CC. The van der Waals surface area contributed by atoms with Crippen LogP contribution in [0.1, 0.15) is 73.1 Å². The summed E-state index contributed by atoms with van der Waals surface area (Å²) in [4.78, 5) is 0. The van der Waals surface area contributed by atoms with E-state index in [1.54, 1.807) is 0 Å². The maximum atomic E-state index is 3.58. The Bertz CT molecular complexity index is 331. The van der Waals surface area contributed by atoms with Crippen molar-refractivity contribution in [1.82, 2.24) is 0 Å². The van der Waals surface area contributed by atoms with Crippen LogP contribution in [0, 0.1) is 11.5 Å². The van der Waals surface area contributed by atoms with Crippen molar-refractivity contribution < 1.29 is 0 Å². The average molecular weight is 279 g/mol. The maximum absolute atomic E-state index is 3.58. The monoisotopic (exact) mass is 278 g/mol. The Morgan fingerprint density at radius 2 is 1.68 bits per heavy atom. The first-order valence-electron chi connectivity index (χ1n) is 7.95. The van der Waals surface area contributed by atoms with E-state index in [9.17, 15) is 0 Å².